The number of para-hydroxylation sites is 1. The lowest BCUT2D eigenvalue weighted by Gasteiger charge is -2.29. The molecule has 3 heterocycles. The van der Waals surface area contributed by atoms with Gasteiger partial charge in [-0.25, -0.2) is 9.83 Å². The topological polar surface area (TPSA) is 83.7 Å². The molecule has 3 aliphatic rings. The fraction of sp³-hybridized carbons (Fsp3) is 0.250. The van der Waals surface area contributed by atoms with Gasteiger partial charge in [0.2, 0.25) is 17.5 Å². The van der Waals surface area contributed by atoms with Gasteiger partial charge in [-0.2, -0.15) is 4.98 Å². The molecule has 8 nitrogen and oxygen atoms in total. The third kappa shape index (κ3) is 3.28. The van der Waals surface area contributed by atoms with Crippen LogP contribution in [-0.2, 0) is 12.0 Å². The Hall–Kier alpha value is -3.67. The van der Waals surface area contributed by atoms with E-state index >= 15 is 0 Å². The molecular formula is C24H19ClN6O2. The molecule has 164 valence electrons. The van der Waals surface area contributed by atoms with E-state index < -0.39 is 0 Å². The van der Waals surface area contributed by atoms with Crippen molar-refractivity contribution in [1.82, 2.24) is 15.3 Å². The second-order valence-electron chi connectivity index (χ2n) is 8.52. The van der Waals surface area contributed by atoms with Gasteiger partial charge in [-0.15, -0.1) is 0 Å². The molecule has 1 spiro atoms. The Kier molecular flexibility index (Phi) is 4.50. The summed E-state index contributed by atoms with van der Waals surface area (Å²) >= 11 is 6.28. The molecule has 2 N–H and O–H groups in total. The van der Waals surface area contributed by atoms with Gasteiger partial charge in [-0.3, -0.25) is 9.69 Å². The van der Waals surface area contributed by atoms with Crippen LogP contribution in [0.1, 0.15) is 34.3 Å². The molecule has 2 aromatic carbocycles. The van der Waals surface area contributed by atoms with Gasteiger partial charge >= 0.3 is 0 Å². The molecule has 2 aliphatic heterocycles. The van der Waals surface area contributed by atoms with Crippen LogP contribution in [0.5, 0.6) is 5.88 Å². The molecule has 0 radical (unpaired) electrons. The number of halogens is 1. The van der Waals surface area contributed by atoms with E-state index in [-0.39, 0.29) is 29.8 Å². The van der Waals surface area contributed by atoms with Crippen LogP contribution in [0.15, 0.2) is 42.6 Å². The van der Waals surface area contributed by atoms with Crippen molar-refractivity contribution in [3.8, 4) is 5.88 Å². The van der Waals surface area contributed by atoms with E-state index in [0.29, 0.717) is 22.1 Å². The van der Waals surface area contributed by atoms with Crippen LogP contribution in [0.2, 0.25) is 5.02 Å². The Balaban J connectivity index is 1.26. The molecule has 33 heavy (non-hydrogen) atoms. The summed E-state index contributed by atoms with van der Waals surface area (Å²) in [5.41, 5.74) is 4.75. The first-order valence-electron chi connectivity index (χ1n) is 10.7. The summed E-state index contributed by atoms with van der Waals surface area (Å²) in [6.45, 7) is 9.18. The molecule has 1 saturated carbocycles. The van der Waals surface area contributed by atoms with Crippen molar-refractivity contribution in [3.63, 3.8) is 0 Å². The summed E-state index contributed by atoms with van der Waals surface area (Å²) in [5.74, 6) is 0.177. The maximum atomic E-state index is 13.1. The molecule has 1 aliphatic carbocycles. The number of nitrogens with one attached hydrogen (secondary N) is 2. The number of nitrogens with zero attached hydrogens (tertiary/aromatic N) is 4. The number of carbonyl (C=O) groups excluding carboxylic acids is 1. The van der Waals surface area contributed by atoms with Crippen LogP contribution in [0.4, 0.5) is 23.0 Å². The zero-order chi connectivity index (χ0) is 22.6. The first-order valence-corrected chi connectivity index (χ1v) is 11.0. The second-order valence-corrected chi connectivity index (χ2v) is 8.93. The van der Waals surface area contributed by atoms with Gasteiger partial charge in [-0.05, 0) is 42.2 Å². The van der Waals surface area contributed by atoms with Crippen molar-refractivity contribution < 1.29 is 9.53 Å². The van der Waals surface area contributed by atoms with Crippen molar-refractivity contribution in [2.45, 2.75) is 24.8 Å². The minimum absolute atomic E-state index is 0.0961. The average molecular weight is 459 g/mol. The lowest BCUT2D eigenvalue weighted by Crippen LogP contribution is -2.39. The number of hydrogen-bond acceptors (Lipinski definition) is 6. The van der Waals surface area contributed by atoms with Crippen molar-refractivity contribution in [3.05, 3.63) is 75.7 Å². The van der Waals surface area contributed by atoms with Crippen LogP contribution < -0.4 is 20.3 Å². The number of fused-ring (bicyclic) bond motifs is 3. The zero-order valence-electron chi connectivity index (χ0n) is 17.6. The summed E-state index contributed by atoms with van der Waals surface area (Å²) in [4.78, 5) is 26.6. The number of carbonyl (C=O) groups is 1. The number of rotatable bonds is 3. The van der Waals surface area contributed by atoms with Gasteiger partial charge in [0.1, 0.15) is 5.56 Å². The largest absolute Gasteiger partial charge is 0.455 e. The minimum Gasteiger partial charge on any atom is -0.455 e. The van der Waals surface area contributed by atoms with Crippen molar-refractivity contribution in [1.29, 1.82) is 0 Å². The number of benzene rings is 2. The highest BCUT2D eigenvalue weighted by Crippen LogP contribution is 2.50. The number of amides is 1. The number of anilines is 3. The first-order chi connectivity index (χ1) is 16.1. The fourth-order valence-electron chi connectivity index (χ4n) is 4.63. The van der Waals surface area contributed by atoms with Gasteiger partial charge in [0.15, 0.2) is 6.73 Å². The predicted molar refractivity (Wildman–Crippen MR) is 124 cm³/mol. The summed E-state index contributed by atoms with van der Waals surface area (Å²) < 4.78 is 5.76. The van der Waals surface area contributed by atoms with Crippen LogP contribution >= 0.6 is 11.6 Å². The predicted octanol–water partition coefficient (Wildman–Crippen LogP) is 4.56. The summed E-state index contributed by atoms with van der Waals surface area (Å²) in [5, 5.41) is 7.04. The van der Waals surface area contributed by atoms with Crippen LogP contribution in [-0.4, -0.2) is 29.2 Å². The summed E-state index contributed by atoms with van der Waals surface area (Å²) in [6, 6.07) is 11.3. The molecule has 0 atom stereocenters. The molecule has 3 aromatic rings. The molecule has 6 rings (SSSR count). The van der Waals surface area contributed by atoms with Crippen LogP contribution in [0.25, 0.3) is 4.85 Å². The Morgan fingerprint density at radius 2 is 2.15 bits per heavy atom. The normalized spacial score (nSPS) is 17.6. The van der Waals surface area contributed by atoms with Gasteiger partial charge in [0.05, 0.1) is 17.3 Å². The molecule has 1 amide bonds. The van der Waals surface area contributed by atoms with E-state index in [2.05, 4.69) is 37.6 Å². The third-order valence-corrected chi connectivity index (χ3v) is 6.79. The third-order valence-electron chi connectivity index (χ3n) is 6.48. The van der Waals surface area contributed by atoms with E-state index in [9.17, 15) is 4.79 Å². The Morgan fingerprint density at radius 3 is 2.97 bits per heavy atom. The van der Waals surface area contributed by atoms with Gasteiger partial charge in [-0.1, -0.05) is 29.8 Å². The Bertz CT molecular complexity index is 1350. The van der Waals surface area contributed by atoms with E-state index in [1.165, 1.54) is 35.1 Å². The highest BCUT2D eigenvalue weighted by Gasteiger charge is 2.46. The highest BCUT2D eigenvalue weighted by atomic mass is 35.5. The van der Waals surface area contributed by atoms with E-state index in [0.717, 1.165) is 18.8 Å². The smallest absolute Gasteiger partial charge is 0.267 e. The monoisotopic (exact) mass is 458 g/mol. The first kappa shape index (κ1) is 20.0. The van der Waals surface area contributed by atoms with E-state index in [4.69, 9.17) is 22.9 Å². The molecule has 9 heteroatoms. The number of hydrogen-bond donors (Lipinski definition) is 2. The maximum Gasteiger partial charge on any atom is 0.267 e. The molecule has 0 bridgehead atoms. The number of ether oxygens (including phenoxy) is 1. The molecular weight excluding hydrogens is 440 g/mol. The van der Waals surface area contributed by atoms with Gasteiger partial charge in [0.25, 0.3) is 5.91 Å². The fourth-order valence-corrected chi connectivity index (χ4v) is 4.90. The van der Waals surface area contributed by atoms with Crippen molar-refractivity contribution >= 4 is 40.5 Å². The minimum atomic E-state index is -0.365. The van der Waals surface area contributed by atoms with Crippen LogP contribution in [0, 0.1) is 6.57 Å². The lowest BCUT2D eigenvalue weighted by atomic mass is 9.88. The van der Waals surface area contributed by atoms with Crippen molar-refractivity contribution in [2.24, 2.45) is 0 Å². The Labute approximate surface area is 195 Å². The highest BCUT2D eigenvalue weighted by molar-refractivity contribution is 6.35. The quantitative estimate of drug-likeness (QED) is 0.560. The molecule has 1 fully saturated rings. The molecule has 0 unspecified atom stereocenters. The molecule has 0 saturated heterocycles. The van der Waals surface area contributed by atoms with E-state index in [1.54, 1.807) is 18.2 Å². The average Bonchev–Trinajstić information content (AvgIpc) is 3.59. The second kappa shape index (κ2) is 7.44. The summed E-state index contributed by atoms with van der Waals surface area (Å²) in [6.07, 6.45) is 3.91. The van der Waals surface area contributed by atoms with Crippen molar-refractivity contribution in [2.75, 3.05) is 23.5 Å². The van der Waals surface area contributed by atoms with Gasteiger partial charge in [0, 0.05) is 30.4 Å². The summed E-state index contributed by atoms with van der Waals surface area (Å²) in [7, 11) is 0. The van der Waals surface area contributed by atoms with Crippen LogP contribution in [0.3, 0.4) is 0 Å². The maximum absolute atomic E-state index is 13.1. The lowest BCUT2D eigenvalue weighted by molar-refractivity contribution is 0.0933. The number of aromatic nitrogens is 2. The standard InChI is InChI=1S/C24H19ClN6O2/c1-26-19-4-2-3-18(25)20(19)31-13-33-21-16(22(31)32)11-28-23(30-21)29-15-5-6-17-14(9-15)10-27-12-24(17)7-8-24/h2-6,9,11,27H,7-8,10,12-13H2,(H,28,29,30). The van der Waals surface area contributed by atoms with Gasteiger partial charge < -0.3 is 15.4 Å². The van der Waals surface area contributed by atoms with E-state index in [1.807, 2.05) is 6.07 Å². The Morgan fingerprint density at radius 1 is 1.27 bits per heavy atom. The zero-order valence-corrected chi connectivity index (χ0v) is 18.3. The SMILES string of the molecule is [C-]#[N+]c1cccc(Cl)c1N1COc2nc(Nc3ccc4c(c3)CNCC43CC3)ncc2C1=O. The molecule has 1 aromatic heterocycles.